The van der Waals surface area contributed by atoms with Crippen molar-refractivity contribution in [1.29, 1.82) is 0 Å². The molecule has 1 aromatic carbocycles. The van der Waals surface area contributed by atoms with Crippen LogP contribution >= 0.6 is 0 Å². The lowest BCUT2D eigenvalue weighted by atomic mass is 10.1. The zero-order valence-electron chi connectivity index (χ0n) is 13.5. The van der Waals surface area contributed by atoms with Crippen LogP contribution in [0.15, 0.2) is 23.1 Å². The molecule has 1 aromatic rings. The number of halogens is 3. The summed E-state index contributed by atoms with van der Waals surface area (Å²) in [7, 11) is -2.84. The minimum absolute atomic E-state index is 0.170. The quantitative estimate of drug-likeness (QED) is 0.803. The number of alkyl halides is 3. The maximum Gasteiger partial charge on any atom is 0.402 e. The van der Waals surface area contributed by atoms with Crippen LogP contribution in [0.4, 0.5) is 13.2 Å². The van der Waals surface area contributed by atoms with Crippen molar-refractivity contribution in [2.75, 3.05) is 26.9 Å². The number of hydrogen-bond acceptors (Lipinski definition) is 4. The third kappa shape index (κ3) is 4.40. The van der Waals surface area contributed by atoms with Crippen LogP contribution in [0.5, 0.6) is 5.75 Å². The molecule has 1 aliphatic heterocycles. The van der Waals surface area contributed by atoms with Gasteiger partial charge >= 0.3 is 6.18 Å². The third-order valence-corrected chi connectivity index (χ3v) is 5.80. The van der Waals surface area contributed by atoms with Crippen molar-refractivity contribution in [1.82, 2.24) is 4.31 Å². The van der Waals surface area contributed by atoms with Gasteiger partial charge in [-0.2, -0.15) is 17.5 Å². The van der Waals surface area contributed by atoms with Crippen molar-refractivity contribution in [3.8, 4) is 5.75 Å². The average Bonchev–Trinajstić information content (AvgIpc) is 2.52. The first-order valence-corrected chi connectivity index (χ1v) is 8.90. The molecule has 1 fully saturated rings. The molecule has 0 saturated carbocycles. The van der Waals surface area contributed by atoms with E-state index in [0.29, 0.717) is 15.6 Å². The second-order valence-electron chi connectivity index (χ2n) is 5.64. The van der Waals surface area contributed by atoms with Crippen LogP contribution in [-0.4, -0.2) is 51.8 Å². The summed E-state index contributed by atoms with van der Waals surface area (Å²) in [6.07, 6.45) is -4.14. The van der Waals surface area contributed by atoms with Crippen molar-refractivity contribution in [2.24, 2.45) is 0 Å². The van der Waals surface area contributed by atoms with Crippen LogP contribution in [0.3, 0.4) is 0 Å². The summed E-state index contributed by atoms with van der Waals surface area (Å²) in [6.45, 7) is 0.623. The summed E-state index contributed by atoms with van der Waals surface area (Å²) in [6, 6.07) is 3.31. The van der Waals surface area contributed by atoms with Gasteiger partial charge in [0.25, 0.3) is 0 Å². The second-order valence-corrected chi connectivity index (χ2v) is 7.53. The third-order valence-electron chi connectivity index (χ3n) is 3.91. The van der Waals surface area contributed by atoms with Gasteiger partial charge in [0.15, 0.2) is 0 Å². The van der Waals surface area contributed by atoms with Crippen LogP contribution in [-0.2, 0) is 14.8 Å². The Morgan fingerprint density at radius 3 is 2.42 bits per heavy atom. The summed E-state index contributed by atoms with van der Waals surface area (Å²) in [4.78, 5) is -0.170. The molecule has 2 rings (SSSR count). The van der Waals surface area contributed by atoms with E-state index in [2.05, 4.69) is 0 Å². The summed E-state index contributed by atoms with van der Waals surface area (Å²) < 4.78 is 75.2. The molecule has 1 heterocycles. The van der Waals surface area contributed by atoms with Gasteiger partial charge in [0.05, 0.1) is 12.0 Å². The van der Waals surface area contributed by atoms with E-state index >= 15 is 0 Å². The molecule has 5 nitrogen and oxygen atoms in total. The molecule has 0 bridgehead atoms. The Bertz CT molecular complexity index is 670. The van der Waals surface area contributed by atoms with Gasteiger partial charge in [-0.05, 0) is 43.5 Å². The van der Waals surface area contributed by atoms with Crippen molar-refractivity contribution in [2.45, 2.75) is 36.9 Å². The van der Waals surface area contributed by atoms with Crippen molar-refractivity contribution in [3.63, 3.8) is 0 Å². The molecule has 0 aromatic heterocycles. The number of benzene rings is 1. The highest BCUT2D eigenvalue weighted by atomic mass is 32.2. The average molecular weight is 367 g/mol. The molecule has 0 atom stereocenters. The van der Waals surface area contributed by atoms with E-state index in [9.17, 15) is 21.6 Å². The minimum Gasteiger partial charge on any atom is -0.496 e. The van der Waals surface area contributed by atoms with Gasteiger partial charge in [-0.3, -0.25) is 0 Å². The van der Waals surface area contributed by atoms with E-state index in [0.717, 1.165) is 0 Å². The maximum atomic E-state index is 12.9. The van der Waals surface area contributed by atoms with E-state index in [1.54, 1.807) is 6.92 Å². The van der Waals surface area contributed by atoms with Crippen LogP contribution < -0.4 is 4.74 Å². The Morgan fingerprint density at radius 2 is 1.92 bits per heavy atom. The topological polar surface area (TPSA) is 55.8 Å². The lowest BCUT2D eigenvalue weighted by Crippen LogP contribution is -2.47. The van der Waals surface area contributed by atoms with E-state index < -0.39 is 28.8 Å². The Hall–Kier alpha value is -1.32. The van der Waals surface area contributed by atoms with Gasteiger partial charge < -0.3 is 9.47 Å². The molecule has 0 spiro atoms. The van der Waals surface area contributed by atoms with E-state index in [1.807, 2.05) is 0 Å². The fourth-order valence-electron chi connectivity index (χ4n) is 2.71. The number of rotatable bonds is 5. The first-order valence-electron chi connectivity index (χ1n) is 7.46. The Kier molecular flexibility index (Phi) is 5.77. The number of hydrogen-bond donors (Lipinski definition) is 0. The first kappa shape index (κ1) is 19.0. The predicted molar refractivity (Wildman–Crippen MR) is 81.5 cm³/mol. The molecule has 9 heteroatoms. The van der Waals surface area contributed by atoms with E-state index in [-0.39, 0.29) is 31.0 Å². The summed E-state index contributed by atoms with van der Waals surface area (Å²) in [5.74, 6) is 0.474. The lowest BCUT2D eigenvalue weighted by Gasteiger charge is -2.33. The highest BCUT2D eigenvalue weighted by Gasteiger charge is 2.41. The van der Waals surface area contributed by atoms with Crippen LogP contribution in [0.2, 0.25) is 0 Å². The Balaban J connectivity index is 2.40. The highest BCUT2D eigenvalue weighted by molar-refractivity contribution is 7.89. The van der Waals surface area contributed by atoms with Crippen molar-refractivity contribution < 1.29 is 31.1 Å². The molecule has 0 aliphatic carbocycles. The van der Waals surface area contributed by atoms with Crippen LogP contribution in [0, 0.1) is 6.92 Å². The van der Waals surface area contributed by atoms with Gasteiger partial charge in [0.2, 0.25) is 10.0 Å². The van der Waals surface area contributed by atoms with Gasteiger partial charge in [0.1, 0.15) is 12.3 Å². The molecule has 0 amide bonds. The van der Waals surface area contributed by atoms with Gasteiger partial charge in [-0.25, -0.2) is 8.42 Å². The largest absolute Gasteiger partial charge is 0.496 e. The van der Waals surface area contributed by atoms with Crippen molar-refractivity contribution >= 4 is 10.0 Å². The number of aryl methyl sites for hydroxylation is 1. The number of nitrogens with zero attached hydrogens (tertiary/aromatic N) is 1. The molecular formula is C15H20F3NO4S. The molecule has 24 heavy (non-hydrogen) atoms. The van der Waals surface area contributed by atoms with Gasteiger partial charge in [-0.1, -0.05) is 0 Å². The maximum absolute atomic E-state index is 12.9. The molecule has 0 N–H and O–H groups in total. The fourth-order valence-corrected chi connectivity index (χ4v) is 4.46. The number of methoxy groups -OCH3 is 1. The zero-order valence-corrected chi connectivity index (χ0v) is 14.3. The molecular weight excluding hydrogens is 347 g/mol. The zero-order chi connectivity index (χ0) is 18.0. The van der Waals surface area contributed by atoms with Crippen LogP contribution in [0.25, 0.3) is 0 Å². The molecule has 1 aliphatic rings. The normalized spacial score (nSPS) is 17.2. The molecule has 0 unspecified atom stereocenters. The predicted octanol–water partition coefficient (Wildman–Crippen LogP) is 2.74. The number of sulfonamides is 1. The smallest absolute Gasteiger partial charge is 0.402 e. The fraction of sp³-hybridized carbons (Fsp3) is 0.600. The monoisotopic (exact) mass is 367 g/mol. The summed E-state index contributed by atoms with van der Waals surface area (Å²) in [5, 5.41) is 0. The molecule has 0 radical (unpaired) electrons. The van der Waals surface area contributed by atoms with Gasteiger partial charge in [0, 0.05) is 19.3 Å². The van der Waals surface area contributed by atoms with Crippen LogP contribution in [0.1, 0.15) is 18.4 Å². The summed E-state index contributed by atoms with van der Waals surface area (Å²) >= 11 is 0. The minimum atomic E-state index is -4.62. The SMILES string of the molecule is COc1ccc(S(=O)(=O)N(CC(F)(F)F)C2CCOCC2)cc1C. The first-order chi connectivity index (χ1) is 11.1. The molecule has 136 valence electrons. The molecule has 1 saturated heterocycles. The number of ether oxygens (including phenoxy) is 2. The lowest BCUT2D eigenvalue weighted by molar-refractivity contribution is -0.141. The Labute approximate surface area is 139 Å². The Morgan fingerprint density at radius 1 is 1.29 bits per heavy atom. The van der Waals surface area contributed by atoms with Gasteiger partial charge in [-0.15, -0.1) is 0 Å². The van der Waals surface area contributed by atoms with Crippen molar-refractivity contribution in [3.05, 3.63) is 23.8 Å². The van der Waals surface area contributed by atoms with E-state index in [1.165, 1.54) is 25.3 Å². The van der Waals surface area contributed by atoms with E-state index in [4.69, 9.17) is 9.47 Å². The summed E-state index contributed by atoms with van der Waals surface area (Å²) in [5.41, 5.74) is 0.539. The second kappa shape index (κ2) is 7.28. The standard InChI is InChI=1S/C15H20F3NO4S/c1-11-9-13(3-4-14(11)22-2)24(20,21)19(10-15(16,17)18)12-5-7-23-8-6-12/h3-4,9,12H,5-8,10H2,1-2H3. The highest BCUT2D eigenvalue weighted by Crippen LogP contribution is 2.30.